The number of amides is 2. The van der Waals surface area contributed by atoms with Gasteiger partial charge in [0.2, 0.25) is 11.8 Å². The van der Waals surface area contributed by atoms with Gasteiger partial charge in [0.25, 0.3) is 0 Å². The van der Waals surface area contributed by atoms with Gasteiger partial charge in [-0.25, -0.2) is 0 Å². The molecule has 2 aromatic rings. The number of ether oxygens (including phenoxy) is 1. The van der Waals surface area contributed by atoms with Crippen molar-refractivity contribution in [3.63, 3.8) is 0 Å². The molecule has 2 saturated heterocycles. The molecule has 1 N–H and O–H groups in total. The van der Waals surface area contributed by atoms with Gasteiger partial charge in [-0.3, -0.25) is 9.59 Å². The van der Waals surface area contributed by atoms with Crippen molar-refractivity contribution in [2.45, 2.75) is 24.7 Å². The highest BCUT2D eigenvalue weighted by molar-refractivity contribution is 7.10. The van der Waals surface area contributed by atoms with Gasteiger partial charge in [0.15, 0.2) is 0 Å². The fourth-order valence-electron chi connectivity index (χ4n) is 3.99. The standard InChI is InChI=1S/C21H24N2O3S/c24-19-13-16(14-23(19)17-5-2-1-3-6-17)20(25)22-15-21(8-10-26-11-9-21)18-7-4-12-27-18/h1-7,12,16H,8-11,13-15H2,(H,22,25). The van der Waals surface area contributed by atoms with Gasteiger partial charge in [0.1, 0.15) is 0 Å². The first-order valence-corrected chi connectivity index (χ1v) is 10.3. The number of anilines is 1. The molecular weight excluding hydrogens is 360 g/mol. The second kappa shape index (κ2) is 7.82. The maximum absolute atomic E-state index is 12.8. The highest BCUT2D eigenvalue weighted by Crippen LogP contribution is 2.37. The van der Waals surface area contributed by atoms with Gasteiger partial charge in [-0.05, 0) is 36.4 Å². The molecule has 1 atom stereocenters. The third kappa shape index (κ3) is 3.77. The molecular formula is C21H24N2O3S. The largest absolute Gasteiger partial charge is 0.381 e. The smallest absolute Gasteiger partial charge is 0.227 e. The zero-order valence-electron chi connectivity index (χ0n) is 15.2. The van der Waals surface area contributed by atoms with Crippen molar-refractivity contribution in [2.24, 2.45) is 5.92 Å². The molecule has 0 aliphatic carbocycles. The van der Waals surface area contributed by atoms with E-state index in [0.717, 1.165) is 31.7 Å². The molecule has 1 aromatic heterocycles. The third-order valence-corrected chi connectivity index (χ3v) is 6.77. The predicted molar refractivity (Wildman–Crippen MR) is 106 cm³/mol. The molecule has 2 aliphatic heterocycles. The van der Waals surface area contributed by atoms with E-state index in [9.17, 15) is 9.59 Å². The van der Waals surface area contributed by atoms with Gasteiger partial charge in [0.05, 0.1) is 5.92 Å². The van der Waals surface area contributed by atoms with Crippen LogP contribution in [0.4, 0.5) is 5.69 Å². The summed E-state index contributed by atoms with van der Waals surface area (Å²) < 4.78 is 5.55. The monoisotopic (exact) mass is 384 g/mol. The second-order valence-electron chi connectivity index (χ2n) is 7.33. The predicted octanol–water partition coefficient (Wildman–Crippen LogP) is 2.97. The Morgan fingerprint density at radius 2 is 1.96 bits per heavy atom. The van der Waals surface area contributed by atoms with E-state index < -0.39 is 0 Å². The normalized spacial score (nSPS) is 22.0. The van der Waals surface area contributed by atoms with Crippen molar-refractivity contribution < 1.29 is 14.3 Å². The minimum absolute atomic E-state index is 0.0142. The number of carbonyl (C=O) groups excluding carboxylic acids is 2. The molecule has 0 bridgehead atoms. The third-order valence-electron chi connectivity index (χ3n) is 5.66. The van der Waals surface area contributed by atoms with E-state index in [1.165, 1.54) is 4.88 Å². The number of hydrogen-bond acceptors (Lipinski definition) is 4. The average molecular weight is 385 g/mol. The molecule has 5 nitrogen and oxygen atoms in total. The zero-order valence-corrected chi connectivity index (χ0v) is 16.0. The van der Waals surface area contributed by atoms with Crippen LogP contribution in [0.25, 0.3) is 0 Å². The van der Waals surface area contributed by atoms with Crippen molar-refractivity contribution in [1.82, 2.24) is 5.32 Å². The van der Waals surface area contributed by atoms with Crippen LogP contribution in [0.15, 0.2) is 47.8 Å². The number of benzene rings is 1. The highest BCUT2D eigenvalue weighted by Gasteiger charge is 2.39. The van der Waals surface area contributed by atoms with Crippen molar-refractivity contribution in [3.05, 3.63) is 52.7 Å². The van der Waals surface area contributed by atoms with Crippen LogP contribution in [0.1, 0.15) is 24.1 Å². The van der Waals surface area contributed by atoms with E-state index >= 15 is 0 Å². The molecule has 0 saturated carbocycles. The average Bonchev–Trinajstić information content (AvgIpc) is 3.38. The van der Waals surface area contributed by atoms with Crippen LogP contribution >= 0.6 is 11.3 Å². The summed E-state index contributed by atoms with van der Waals surface area (Å²) in [6, 6.07) is 13.8. The van der Waals surface area contributed by atoms with E-state index in [2.05, 4.69) is 22.8 Å². The molecule has 1 unspecified atom stereocenters. The highest BCUT2D eigenvalue weighted by atomic mass is 32.1. The van der Waals surface area contributed by atoms with E-state index in [1.54, 1.807) is 16.2 Å². The molecule has 6 heteroatoms. The van der Waals surface area contributed by atoms with E-state index in [4.69, 9.17) is 4.74 Å². The topological polar surface area (TPSA) is 58.6 Å². The Hall–Kier alpha value is -2.18. The number of nitrogens with zero attached hydrogens (tertiary/aromatic N) is 1. The van der Waals surface area contributed by atoms with Crippen LogP contribution < -0.4 is 10.2 Å². The van der Waals surface area contributed by atoms with Gasteiger partial charge in [0, 0.05) is 48.7 Å². The Balaban J connectivity index is 1.41. The Bertz CT molecular complexity index is 785. The molecule has 0 spiro atoms. The lowest BCUT2D eigenvalue weighted by Crippen LogP contribution is -2.46. The SMILES string of the molecule is O=C(NCC1(c2cccs2)CCOCC1)C1CC(=O)N(c2ccccc2)C1. The first-order chi connectivity index (χ1) is 13.2. The first kappa shape index (κ1) is 18.2. The molecule has 4 rings (SSSR count). The number of nitrogens with one attached hydrogen (secondary N) is 1. The summed E-state index contributed by atoms with van der Waals surface area (Å²) in [5.41, 5.74) is 0.807. The Morgan fingerprint density at radius 3 is 2.67 bits per heavy atom. The second-order valence-corrected chi connectivity index (χ2v) is 8.28. The van der Waals surface area contributed by atoms with Gasteiger partial charge in [-0.1, -0.05) is 24.3 Å². The van der Waals surface area contributed by atoms with Crippen molar-refractivity contribution >= 4 is 28.8 Å². The molecule has 1 aromatic carbocycles. The van der Waals surface area contributed by atoms with Gasteiger partial charge >= 0.3 is 0 Å². The molecule has 2 fully saturated rings. The van der Waals surface area contributed by atoms with E-state index in [0.29, 0.717) is 13.1 Å². The number of rotatable bonds is 5. The van der Waals surface area contributed by atoms with Crippen LogP contribution in [0, 0.1) is 5.92 Å². The van der Waals surface area contributed by atoms with Crippen LogP contribution in [-0.4, -0.2) is 38.1 Å². The van der Waals surface area contributed by atoms with Crippen molar-refractivity contribution in [2.75, 3.05) is 31.2 Å². The summed E-state index contributed by atoms with van der Waals surface area (Å²) in [5, 5.41) is 5.23. The molecule has 2 amide bonds. The lowest BCUT2D eigenvalue weighted by atomic mass is 9.78. The minimum Gasteiger partial charge on any atom is -0.381 e. The fraction of sp³-hybridized carbons (Fsp3) is 0.429. The Labute approximate surface area is 163 Å². The maximum Gasteiger partial charge on any atom is 0.227 e. The number of thiophene rings is 1. The molecule has 142 valence electrons. The molecule has 0 radical (unpaired) electrons. The van der Waals surface area contributed by atoms with Crippen LogP contribution in [-0.2, 0) is 19.7 Å². The summed E-state index contributed by atoms with van der Waals surface area (Å²) in [5.74, 6) is -0.303. The maximum atomic E-state index is 12.8. The van der Waals surface area contributed by atoms with Crippen LogP contribution in [0.2, 0.25) is 0 Å². The molecule has 3 heterocycles. The summed E-state index contributed by atoms with van der Waals surface area (Å²) in [4.78, 5) is 28.2. The summed E-state index contributed by atoms with van der Waals surface area (Å²) in [6.45, 7) is 2.49. The van der Waals surface area contributed by atoms with Crippen LogP contribution in [0.3, 0.4) is 0 Å². The summed E-state index contributed by atoms with van der Waals surface area (Å²) in [7, 11) is 0. The molecule has 2 aliphatic rings. The van der Waals surface area contributed by atoms with E-state index in [-0.39, 0.29) is 29.6 Å². The number of carbonyl (C=O) groups is 2. The summed E-state index contributed by atoms with van der Waals surface area (Å²) >= 11 is 1.74. The van der Waals surface area contributed by atoms with Crippen LogP contribution in [0.5, 0.6) is 0 Å². The van der Waals surface area contributed by atoms with Crippen molar-refractivity contribution in [3.8, 4) is 0 Å². The minimum atomic E-state index is -0.294. The summed E-state index contributed by atoms with van der Waals surface area (Å²) in [6.07, 6.45) is 2.09. The Kier molecular flexibility index (Phi) is 5.27. The molecule has 27 heavy (non-hydrogen) atoms. The van der Waals surface area contributed by atoms with Crippen molar-refractivity contribution in [1.29, 1.82) is 0 Å². The van der Waals surface area contributed by atoms with E-state index in [1.807, 2.05) is 30.3 Å². The fourth-order valence-corrected chi connectivity index (χ4v) is 4.98. The number of para-hydroxylation sites is 1. The van der Waals surface area contributed by atoms with Gasteiger partial charge < -0.3 is 15.0 Å². The van der Waals surface area contributed by atoms with Gasteiger partial charge in [-0.2, -0.15) is 0 Å². The first-order valence-electron chi connectivity index (χ1n) is 9.43. The Morgan fingerprint density at radius 1 is 1.19 bits per heavy atom. The lowest BCUT2D eigenvalue weighted by molar-refractivity contribution is -0.126. The van der Waals surface area contributed by atoms with Gasteiger partial charge in [-0.15, -0.1) is 11.3 Å². The quantitative estimate of drug-likeness (QED) is 0.862. The lowest BCUT2D eigenvalue weighted by Gasteiger charge is -2.36. The zero-order chi connectivity index (χ0) is 18.7. The number of hydrogen-bond donors (Lipinski definition) is 1.